The average molecular weight is 247 g/mol. The molecule has 0 aliphatic rings. The van der Waals surface area contributed by atoms with Crippen molar-refractivity contribution in [3.8, 4) is 0 Å². The van der Waals surface area contributed by atoms with E-state index < -0.39 is 6.10 Å². The third kappa shape index (κ3) is 3.48. The molecular weight excluding hydrogens is 232 g/mol. The summed E-state index contributed by atoms with van der Waals surface area (Å²) in [6, 6.07) is 0. The highest BCUT2D eigenvalue weighted by Crippen LogP contribution is 2.24. The molecule has 0 fully saturated rings. The van der Waals surface area contributed by atoms with E-state index in [0.29, 0.717) is 23.2 Å². The molecule has 1 atom stereocenters. The van der Waals surface area contributed by atoms with Gasteiger partial charge in [-0.15, -0.1) is 0 Å². The van der Waals surface area contributed by atoms with Crippen molar-refractivity contribution in [3.05, 3.63) is 11.5 Å². The van der Waals surface area contributed by atoms with Crippen LogP contribution in [0.5, 0.6) is 0 Å². The molecule has 1 rings (SSSR count). The van der Waals surface area contributed by atoms with E-state index in [4.69, 9.17) is 16.3 Å². The Morgan fingerprint density at radius 1 is 1.56 bits per heavy atom. The average Bonchev–Trinajstić information content (AvgIpc) is 2.27. The molecule has 6 nitrogen and oxygen atoms in total. The standard InChI is InChI=1S/C9H15ClN4O2/c1-11-7-8(10)13-5-14-9(7)12-3-6(15)4-16-2/h5-6,11,15H,3-4H2,1-2H3,(H,12,13,14). The second-order valence-corrected chi connectivity index (χ2v) is 3.49. The van der Waals surface area contributed by atoms with Crippen LogP contribution in [0.1, 0.15) is 0 Å². The summed E-state index contributed by atoms with van der Waals surface area (Å²) < 4.78 is 4.81. The second-order valence-electron chi connectivity index (χ2n) is 3.13. The van der Waals surface area contributed by atoms with Crippen LogP contribution in [0.4, 0.5) is 11.5 Å². The maximum atomic E-state index is 9.46. The molecule has 0 aliphatic heterocycles. The third-order valence-electron chi connectivity index (χ3n) is 1.92. The van der Waals surface area contributed by atoms with Gasteiger partial charge in [0.2, 0.25) is 0 Å². The van der Waals surface area contributed by atoms with Crippen LogP contribution in [0, 0.1) is 0 Å². The summed E-state index contributed by atoms with van der Waals surface area (Å²) in [5.74, 6) is 0.553. The van der Waals surface area contributed by atoms with Crippen molar-refractivity contribution in [1.82, 2.24) is 9.97 Å². The topological polar surface area (TPSA) is 79.3 Å². The van der Waals surface area contributed by atoms with Crippen LogP contribution in [-0.4, -0.2) is 48.5 Å². The summed E-state index contributed by atoms with van der Waals surface area (Å²) in [7, 11) is 3.26. The summed E-state index contributed by atoms with van der Waals surface area (Å²) in [5.41, 5.74) is 0.605. The molecule has 0 spiro atoms. The van der Waals surface area contributed by atoms with Gasteiger partial charge < -0.3 is 20.5 Å². The van der Waals surface area contributed by atoms with Gasteiger partial charge in [-0.25, -0.2) is 9.97 Å². The van der Waals surface area contributed by atoms with Gasteiger partial charge in [0.15, 0.2) is 11.0 Å². The Labute approximate surface area is 99.0 Å². The van der Waals surface area contributed by atoms with Crippen molar-refractivity contribution in [2.75, 3.05) is 37.9 Å². The number of anilines is 2. The van der Waals surface area contributed by atoms with Gasteiger partial charge in [0, 0.05) is 20.7 Å². The lowest BCUT2D eigenvalue weighted by Gasteiger charge is -2.14. The Morgan fingerprint density at radius 2 is 2.31 bits per heavy atom. The van der Waals surface area contributed by atoms with Crippen LogP contribution in [0.3, 0.4) is 0 Å². The maximum absolute atomic E-state index is 9.46. The molecule has 3 N–H and O–H groups in total. The van der Waals surface area contributed by atoms with E-state index in [9.17, 15) is 5.11 Å². The second kappa shape index (κ2) is 6.47. The Bertz CT molecular complexity index is 337. The first-order chi connectivity index (χ1) is 7.69. The van der Waals surface area contributed by atoms with Crippen molar-refractivity contribution in [2.45, 2.75) is 6.10 Å². The molecule has 0 aliphatic carbocycles. The van der Waals surface area contributed by atoms with Crippen molar-refractivity contribution in [2.24, 2.45) is 0 Å². The zero-order valence-corrected chi connectivity index (χ0v) is 9.95. The summed E-state index contributed by atoms with van der Waals surface area (Å²) in [6.45, 7) is 0.594. The van der Waals surface area contributed by atoms with Gasteiger partial charge in [0.25, 0.3) is 0 Å². The molecule has 0 radical (unpaired) electrons. The Balaban J connectivity index is 2.63. The Hall–Kier alpha value is -1.11. The molecular formula is C9H15ClN4O2. The zero-order chi connectivity index (χ0) is 12.0. The third-order valence-corrected chi connectivity index (χ3v) is 2.20. The number of nitrogens with zero attached hydrogens (tertiary/aromatic N) is 2. The first kappa shape index (κ1) is 13.0. The summed E-state index contributed by atoms with van der Waals surface area (Å²) in [5, 5.41) is 15.6. The van der Waals surface area contributed by atoms with E-state index >= 15 is 0 Å². The van der Waals surface area contributed by atoms with E-state index in [1.807, 2.05) is 0 Å². The highest BCUT2D eigenvalue weighted by molar-refractivity contribution is 6.32. The Kier molecular flexibility index (Phi) is 5.24. The molecule has 0 saturated heterocycles. The summed E-state index contributed by atoms with van der Waals surface area (Å²) >= 11 is 5.87. The first-order valence-corrected chi connectivity index (χ1v) is 5.16. The number of halogens is 1. The normalized spacial score (nSPS) is 12.2. The number of ether oxygens (including phenoxy) is 1. The number of hydrogen-bond donors (Lipinski definition) is 3. The molecule has 0 saturated carbocycles. The van der Waals surface area contributed by atoms with E-state index in [1.165, 1.54) is 13.4 Å². The fourth-order valence-corrected chi connectivity index (χ4v) is 1.41. The minimum atomic E-state index is -0.594. The molecule has 16 heavy (non-hydrogen) atoms. The lowest BCUT2D eigenvalue weighted by Crippen LogP contribution is -2.24. The number of rotatable bonds is 6. The first-order valence-electron chi connectivity index (χ1n) is 4.78. The van der Waals surface area contributed by atoms with Gasteiger partial charge in [-0.05, 0) is 0 Å². The number of aliphatic hydroxyl groups is 1. The molecule has 1 unspecified atom stereocenters. The smallest absolute Gasteiger partial charge is 0.157 e. The van der Waals surface area contributed by atoms with E-state index in [0.717, 1.165) is 0 Å². The van der Waals surface area contributed by atoms with Crippen LogP contribution >= 0.6 is 11.6 Å². The lowest BCUT2D eigenvalue weighted by molar-refractivity contribution is 0.0727. The number of nitrogens with one attached hydrogen (secondary N) is 2. The van der Waals surface area contributed by atoms with Gasteiger partial charge in [0.05, 0.1) is 12.7 Å². The SMILES string of the molecule is CNc1c(Cl)ncnc1NCC(O)COC. The number of aromatic nitrogens is 2. The molecule has 7 heteroatoms. The quantitative estimate of drug-likeness (QED) is 0.638. The molecule has 1 heterocycles. The van der Waals surface area contributed by atoms with Gasteiger partial charge in [0.1, 0.15) is 12.0 Å². The van der Waals surface area contributed by atoms with Gasteiger partial charge in [-0.2, -0.15) is 0 Å². The summed E-state index contributed by atoms with van der Waals surface area (Å²) in [6.07, 6.45) is 0.761. The molecule has 1 aromatic rings. The van der Waals surface area contributed by atoms with Gasteiger partial charge in [-0.3, -0.25) is 0 Å². The number of aliphatic hydroxyl groups excluding tert-OH is 1. The highest BCUT2D eigenvalue weighted by Gasteiger charge is 2.09. The lowest BCUT2D eigenvalue weighted by atomic mass is 10.3. The number of hydrogen-bond acceptors (Lipinski definition) is 6. The fraction of sp³-hybridized carbons (Fsp3) is 0.556. The van der Waals surface area contributed by atoms with Gasteiger partial charge in [-0.1, -0.05) is 11.6 Å². The van der Waals surface area contributed by atoms with E-state index in [2.05, 4.69) is 20.6 Å². The van der Waals surface area contributed by atoms with Crippen molar-refractivity contribution >= 4 is 23.1 Å². The highest BCUT2D eigenvalue weighted by atomic mass is 35.5. The maximum Gasteiger partial charge on any atom is 0.157 e. The van der Waals surface area contributed by atoms with E-state index in [-0.39, 0.29) is 6.61 Å². The van der Waals surface area contributed by atoms with Crippen LogP contribution in [-0.2, 0) is 4.74 Å². The van der Waals surface area contributed by atoms with Crippen molar-refractivity contribution < 1.29 is 9.84 Å². The van der Waals surface area contributed by atoms with Gasteiger partial charge >= 0.3 is 0 Å². The zero-order valence-electron chi connectivity index (χ0n) is 9.20. The predicted octanol–water partition coefficient (Wildman–Crippen LogP) is 0.591. The molecule has 1 aromatic heterocycles. The van der Waals surface area contributed by atoms with E-state index in [1.54, 1.807) is 7.05 Å². The van der Waals surface area contributed by atoms with Crippen molar-refractivity contribution in [3.63, 3.8) is 0 Å². The minimum absolute atomic E-state index is 0.265. The molecule has 0 amide bonds. The molecule has 0 bridgehead atoms. The van der Waals surface area contributed by atoms with Crippen LogP contribution in [0.2, 0.25) is 5.15 Å². The predicted molar refractivity (Wildman–Crippen MR) is 63.0 cm³/mol. The van der Waals surface area contributed by atoms with Crippen LogP contribution < -0.4 is 10.6 Å². The number of methoxy groups -OCH3 is 1. The Morgan fingerprint density at radius 3 is 2.94 bits per heavy atom. The minimum Gasteiger partial charge on any atom is -0.389 e. The van der Waals surface area contributed by atoms with Crippen molar-refractivity contribution in [1.29, 1.82) is 0 Å². The summed E-state index contributed by atoms with van der Waals surface area (Å²) in [4.78, 5) is 7.86. The van der Waals surface area contributed by atoms with Crippen LogP contribution in [0.15, 0.2) is 6.33 Å². The van der Waals surface area contributed by atoms with Crippen LogP contribution in [0.25, 0.3) is 0 Å². The largest absolute Gasteiger partial charge is 0.389 e. The fourth-order valence-electron chi connectivity index (χ4n) is 1.19. The molecule has 90 valence electrons. The monoisotopic (exact) mass is 246 g/mol. The molecule has 0 aromatic carbocycles.